The molecule has 84 valence electrons. The molecule has 0 atom stereocenters. The Hall–Kier alpha value is -1.01. The minimum absolute atomic E-state index is 0.747. The van der Waals surface area contributed by atoms with E-state index in [1.54, 1.807) is 0 Å². The zero-order valence-corrected chi connectivity index (χ0v) is 10.6. The van der Waals surface area contributed by atoms with Gasteiger partial charge in [-0.3, -0.25) is 0 Å². The van der Waals surface area contributed by atoms with Crippen LogP contribution >= 0.6 is 9.53 Å². The van der Waals surface area contributed by atoms with Gasteiger partial charge >= 0.3 is 27.7 Å². The van der Waals surface area contributed by atoms with E-state index in [9.17, 15) is 0 Å². The molecule has 0 amide bonds. The van der Waals surface area contributed by atoms with Crippen molar-refractivity contribution in [1.82, 2.24) is 0 Å². The molecule has 0 heterocycles. The van der Waals surface area contributed by atoms with E-state index in [-0.39, 0.29) is 0 Å². The second kappa shape index (κ2) is 8.18. The molecule has 2 aromatic rings. The zero-order chi connectivity index (χ0) is 11.6. The third kappa shape index (κ3) is 4.67. The van der Waals surface area contributed by atoms with Crippen LogP contribution in [0.4, 0.5) is 11.4 Å². The Bertz CT molecular complexity index is 376. The van der Waals surface area contributed by atoms with Crippen LogP contribution in [0.5, 0.6) is 0 Å². The molecule has 0 aliphatic carbocycles. The monoisotopic (exact) mass is 322 g/mol. The summed E-state index contributed by atoms with van der Waals surface area (Å²) >= 11 is 2.22. The predicted octanol–water partition coefficient (Wildman–Crippen LogP) is 4.59. The number of benzene rings is 2. The normalized spacial score (nSPS) is 9.69. The van der Waals surface area contributed by atoms with Crippen molar-refractivity contribution in [3.05, 3.63) is 60.7 Å². The van der Waals surface area contributed by atoms with Crippen LogP contribution in [0, 0.1) is 6.07 Å². The van der Waals surface area contributed by atoms with Crippen molar-refractivity contribution in [2.75, 3.05) is 0 Å². The molecule has 0 radical (unpaired) electrons. The van der Waals surface area contributed by atoms with E-state index < -0.39 is 0 Å². The van der Waals surface area contributed by atoms with Gasteiger partial charge in [0.15, 0.2) is 0 Å². The van der Waals surface area contributed by atoms with Gasteiger partial charge in [-0.05, 0) is 17.8 Å². The Morgan fingerprint density at radius 1 is 0.875 bits per heavy atom. The van der Waals surface area contributed by atoms with Crippen molar-refractivity contribution in [1.29, 1.82) is 0 Å². The fraction of sp³-hybridized carbons (Fsp3) is 0. The zero-order valence-electron chi connectivity index (χ0n) is 8.28. The topological polar surface area (TPSA) is 24.7 Å². The van der Waals surface area contributed by atoms with Gasteiger partial charge in [-0.2, -0.15) is 34.5 Å². The maximum absolute atomic E-state index is 4.49. The van der Waals surface area contributed by atoms with Crippen molar-refractivity contribution in [2.45, 2.75) is 0 Å². The molecule has 0 unspecified atom stereocenters. The first kappa shape index (κ1) is 13.1. The Balaban J connectivity index is 0.000000606. The van der Waals surface area contributed by atoms with Crippen molar-refractivity contribution in [3.63, 3.8) is 0 Å². The first-order valence-corrected chi connectivity index (χ1v) is 6.51. The van der Waals surface area contributed by atoms with Crippen molar-refractivity contribution in [2.24, 2.45) is 10.2 Å². The summed E-state index contributed by atoms with van der Waals surface area (Å²) in [6, 6.07) is 20.1. The van der Waals surface area contributed by atoms with E-state index in [1.807, 2.05) is 54.6 Å². The maximum Gasteiger partial charge on any atom is 0.0856 e. The average molecular weight is 323 g/mol. The Morgan fingerprint density at radius 3 is 2.19 bits per heavy atom. The van der Waals surface area contributed by atoms with Gasteiger partial charge < -0.3 is 0 Å². The largest absolute Gasteiger partial charge is 0.178 e. The second-order valence-corrected chi connectivity index (χ2v) is 2.78. The van der Waals surface area contributed by atoms with Crippen LogP contribution in [0.15, 0.2) is 64.8 Å². The quantitative estimate of drug-likeness (QED) is 0.439. The van der Waals surface area contributed by atoms with Crippen molar-refractivity contribution in [3.8, 4) is 0 Å². The van der Waals surface area contributed by atoms with Gasteiger partial charge in [0.2, 0.25) is 0 Å². The molecule has 2 nitrogen and oxygen atoms in total. The first-order chi connectivity index (χ1) is 7.95. The summed E-state index contributed by atoms with van der Waals surface area (Å²) in [6.07, 6.45) is 0. The van der Waals surface area contributed by atoms with Crippen LogP contribution in [-0.4, -0.2) is 0 Å². The number of nitrogens with zero attached hydrogens (tertiary/aromatic N) is 2. The third-order valence-electron chi connectivity index (χ3n) is 1.72. The SMILES string of the molecule is [Cl][Pd+].[c-]1ccccc1N=Nc1ccccc1. The number of azo groups is 1. The third-order valence-corrected chi connectivity index (χ3v) is 1.72. The van der Waals surface area contributed by atoms with Gasteiger partial charge in [0.1, 0.15) is 0 Å². The van der Waals surface area contributed by atoms with E-state index in [2.05, 4.69) is 44.0 Å². The van der Waals surface area contributed by atoms with Gasteiger partial charge in [0.05, 0.1) is 5.69 Å². The fourth-order valence-electron chi connectivity index (χ4n) is 1.05. The molecule has 0 saturated carbocycles. The Kier molecular flexibility index (Phi) is 6.68. The number of hydrogen-bond donors (Lipinski definition) is 0. The fourth-order valence-corrected chi connectivity index (χ4v) is 1.05. The smallest absolute Gasteiger partial charge is 0.0856 e. The number of rotatable bonds is 2. The molecule has 2 rings (SSSR count). The molecule has 0 aromatic heterocycles. The molecular weight excluding hydrogens is 314 g/mol. The average Bonchev–Trinajstić information content (AvgIpc) is 2.41. The maximum atomic E-state index is 4.49. The molecule has 4 heteroatoms. The summed E-state index contributed by atoms with van der Waals surface area (Å²) in [7, 11) is 4.49. The Morgan fingerprint density at radius 2 is 1.56 bits per heavy atom. The molecule has 0 spiro atoms. The molecule has 2 aromatic carbocycles. The van der Waals surface area contributed by atoms with Gasteiger partial charge in [-0.25, -0.2) is 0 Å². The minimum Gasteiger partial charge on any atom is -0.178 e. The van der Waals surface area contributed by atoms with E-state index in [4.69, 9.17) is 0 Å². The molecule has 0 N–H and O–H groups in total. The predicted molar refractivity (Wildman–Crippen MR) is 61.7 cm³/mol. The van der Waals surface area contributed by atoms with Crippen LogP contribution < -0.4 is 0 Å². The van der Waals surface area contributed by atoms with Gasteiger partial charge in [0.25, 0.3) is 0 Å². The molecule has 0 aliphatic rings. The van der Waals surface area contributed by atoms with E-state index in [0.717, 1.165) is 11.4 Å². The first-order valence-electron chi connectivity index (χ1n) is 4.50. The molecular formula is C12H9ClN2Pd. The van der Waals surface area contributed by atoms with E-state index in [1.165, 1.54) is 0 Å². The molecule has 16 heavy (non-hydrogen) atoms. The van der Waals surface area contributed by atoms with Crippen LogP contribution in [0.2, 0.25) is 0 Å². The van der Waals surface area contributed by atoms with Crippen LogP contribution in [0.3, 0.4) is 0 Å². The van der Waals surface area contributed by atoms with Gasteiger partial charge in [0, 0.05) is 0 Å². The van der Waals surface area contributed by atoms with Gasteiger partial charge in [-0.15, -0.1) is 6.07 Å². The van der Waals surface area contributed by atoms with Crippen LogP contribution in [0.1, 0.15) is 0 Å². The second-order valence-electron chi connectivity index (χ2n) is 2.78. The van der Waals surface area contributed by atoms with E-state index >= 15 is 0 Å². The van der Waals surface area contributed by atoms with Crippen molar-refractivity contribution >= 4 is 20.9 Å². The number of hydrogen-bond acceptors (Lipinski definition) is 2. The summed E-state index contributed by atoms with van der Waals surface area (Å²) in [5.74, 6) is 0. The molecule has 0 aliphatic heterocycles. The van der Waals surface area contributed by atoms with Gasteiger partial charge in [-0.1, -0.05) is 18.2 Å². The molecule has 0 fully saturated rings. The van der Waals surface area contributed by atoms with E-state index in [0.29, 0.717) is 0 Å². The summed E-state index contributed by atoms with van der Waals surface area (Å²) in [4.78, 5) is 0. The summed E-state index contributed by atoms with van der Waals surface area (Å²) in [5.41, 5.74) is 1.60. The minimum atomic E-state index is 0.747. The summed E-state index contributed by atoms with van der Waals surface area (Å²) < 4.78 is 0. The molecule has 0 saturated heterocycles. The van der Waals surface area contributed by atoms with Crippen LogP contribution in [0.25, 0.3) is 0 Å². The summed E-state index contributed by atoms with van der Waals surface area (Å²) in [6.45, 7) is 0. The summed E-state index contributed by atoms with van der Waals surface area (Å²) in [5, 5.41) is 8.12. The Labute approximate surface area is 110 Å². The number of halogens is 1. The van der Waals surface area contributed by atoms with Crippen LogP contribution in [-0.2, 0) is 18.2 Å². The standard InChI is InChI=1S/C12H9N2.ClH.Pd/c1-3-7-11(8-4-1)13-14-12-9-5-2-6-10-12;;/h1-9H;1H;/q-1;;+2/p-1. The molecule has 0 bridgehead atoms. The van der Waals surface area contributed by atoms with Crippen molar-refractivity contribution < 1.29 is 18.2 Å².